The van der Waals surface area contributed by atoms with Crippen molar-refractivity contribution in [2.24, 2.45) is 17.3 Å². The highest BCUT2D eigenvalue weighted by Crippen LogP contribution is 2.56. The molecule has 2 aliphatic carbocycles. The number of hydrogen-bond acceptors (Lipinski definition) is 0. The molecule has 0 radical (unpaired) electrons. The fraction of sp³-hybridized carbons (Fsp3) is 0.733. The molecule has 0 amide bonds. The number of fused-ring (bicyclic) bond motifs is 1. The van der Waals surface area contributed by atoms with Gasteiger partial charge in [0.2, 0.25) is 0 Å². The maximum Gasteiger partial charge on any atom is -0.0167 e. The van der Waals surface area contributed by atoms with E-state index in [0.717, 1.165) is 11.8 Å². The van der Waals surface area contributed by atoms with Crippen LogP contribution in [0.5, 0.6) is 0 Å². The Hall–Kier alpha value is -0.520. The molecule has 0 aromatic carbocycles. The molecule has 2 rings (SSSR count). The van der Waals surface area contributed by atoms with Gasteiger partial charge in [0, 0.05) is 0 Å². The molecule has 0 heteroatoms. The van der Waals surface area contributed by atoms with Crippen molar-refractivity contribution in [1.29, 1.82) is 0 Å². The third-order valence-corrected chi connectivity index (χ3v) is 4.57. The largest absolute Gasteiger partial charge is 0.0996 e. The van der Waals surface area contributed by atoms with Crippen LogP contribution in [0.2, 0.25) is 0 Å². The van der Waals surface area contributed by atoms with Gasteiger partial charge in [-0.1, -0.05) is 37.6 Å². The summed E-state index contributed by atoms with van der Waals surface area (Å²) in [6.45, 7) is 11.4. The lowest BCUT2D eigenvalue weighted by molar-refractivity contribution is 0.00384. The van der Waals surface area contributed by atoms with Crippen molar-refractivity contribution in [1.82, 2.24) is 0 Å². The molecule has 0 aromatic rings. The lowest BCUT2D eigenvalue weighted by atomic mass is 9.52. The molecular weight excluding hydrogens is 180 g/mol. The lowest BCUT2D eigenvalue weighted by Crippen LogP contribution is -2.44. The summed E-state index contributed by atoms with van der Waals surface area (Å²) in [6.07, 6.45) is 8.90. The second kappa shape index (κ2) is 3.81. The van der Waals surface area contributed by atoms with Crippen molar-refractivity contribution in [3.63, 3.8) is 0 Å². The Labute approximate surface area is 94.5 Å². The summed E-state index contributed by atoms with van der Waals surface area (Å²) in [6, 6.07) is 0. The lowest BCUT2D eigenvalue weighted by Gasteiger charge is -2.53. The molecule has 0 aliphatic heterocycles. The average Bonchev–Trinajstić information content (AvgIpc) is 2.18. The monoisotopic (exact) mass is 204 g/mol. The molecule has 0 spiro atoms. The predicted octanol–water partition coefficient (Wildman–Crippen LogP) is 4.73. The molecule has 2 aliphatic rings. The van der Waals surface area contributed by atoms with E-state index in [1.54, 1.807) is 5.57 Å². The van der Waals surface area contributed by atoms with Gasteiger partial charge in [-0.15, -0.1) is 0 Å². The van der Waals surface area contributed by atoms with Crippen LogP contribution in [0.1, 0.15) is 52.9 Å². The Balaban J connectivity index is 2.12. The van der Waals surface area contributed by atoms with Crippen LogP contribution in [0.15, 0.2) is 23.8 Å². The number of allylic oxidation sites excluding steroid dienone is 3. The first-order valence-corrected chi connectivity index (χ1v) is 6.34. The van der Waals surface area contributed by atoms with Gasteiger partial charge in [-0.3, -0.25) is 0 Å². The van der Waals surface area contributed by atoms with Gasteiger partial charge in [0.1, 0.15) is 0 Å². The van der Waals surface area contributed by atoms with Crippen molar-refractivity contribution in [3.05, 3.63) is 23.8 Å². The topological polar surface area (TPSA) is 0 Å². The van der Waals surface area contributed by atoms with E-state index in [9.17, 15) is 0 Å². The zero-order valence-corrected chi connectivity index (χ0v) is 10.5. The van der Waals surface area contributed by atoms with E-state index in [2.05, 4.69) is 33.4 Å². The quantitative estimate of drug-likeness (QED) is 0.501. The van der Waals surface area contributed by atoms with Crippen LogP contribution in [0, 0.1) is 17.3 Å². The molecule has 0 nitrogen and oxygen atoms in total. The molecule has 0 N–H and O–H groups in total. The molecule has 0 bridgehead atoms. The predicted molar refractivity (Wildman–Crippen MR) is 66.7 cm³/mol. The van der Waals surface area contributed by atoms with Crippen molar-refractivity contribution >= 4 is 0 Å². The van der Waals surface area contributed by atoms with Gasteiger partial charge in [-0.2, -0.15) is 0 Å². The molecule has 0 heterocycles. The first kappa shape index (κ1) is 11.0. The Morgan fingerprint density at radius 3 is 2.73 bits per heavy atom. The summed E-state index contributed by atoms with van der Waals surface area (Å²) in [5.41, 5.74) is 3.68. The highest BCUT2D eigenvalue weighted by atomic mass is 14.5. The second-order valence-electron chi connectivity index (χ2n) is 6.19. The van der Waals surface area contributed by atoms with Crippen LogP contribution in [0.3, 0.4) is 0 Å². The standard InChI is InChI=1S/C15H24/c1-11-6-5-7-12(2)13-10-15(3,4)14(13)9-8-11/h6,13-14H,2,5,7-10H2,1,3-4H3. The zero-order chi connectivity index (χ0) is 11.1. The third kappa shape index (κ3) is 2.04. The van der Waals surface area contributed by atoms with E-state index in [1.807, 2.05) is 0 Å². The molecule has 2 unspecified atom stereocenters. The van der Waals surface area contributed by atoms with Crippen LogP contribution in [0.25, 0.3) is 0 Å². The fourth-order valence-corrected chi connectivity index (χ4v) is 3.44. The average molecular weight is 204 g/mol. The summed E-state index contributed by atoms with van der Waals surface area (Å²) in [5, 5.41) is 0. The summed E-state index contributed by atoms with van der Waals surface area (Å²) >= 11 is 0. The molecule has 2 atom stereocenters. The SMILES string of the molecule is C=C1CCC=C(C)CCC2C1CC2(C)C. The van der Waals surface area contributed by atoms with E-state index in [-0.39, 0.29) is 0 Å². The normalized spacial score (nSPS) is 35.4. The summed E-state index contributed by atoms with van der Waals surface area (Å²) in [5.74, 6) is 1.73. The van der Waals surface area contributed by atoms with Gasteiger partial charge >= 0.3 is 0 Å². The van der Waals surface area contributed by atoms with E-state index >= 15 is 0 Å². The van der Waals surface area contributed by atoms with Crippen molar-refractivity contribution in [2.75, 3.05) is 0 Å². The molecular formula is C15H24. The second-order valence-corrected chi connectivity index (χ2v) is 6.19. The van der Waals surface area contributed by atoms with Gasteiger partial charge in [-0.05, 0) is 56.3 Å². The van der Waals surface area contributed by atoms with E-state index in [0.29, 0.717) is 5.41 Å². The van der Waals surface area contributed by atoms with E-state index < -0.39 is 0 Å². The van der Waals surface area contributed by atoms with Gasteiger partial charge in [-0.25, -0.2) is 0 Å². The third-order valence-electron chi connectivity index (χ3n) is 4.57. The van der Waals surface area contributed by atoms with Crippen LogP contribution < -0.4 is 0 Å². The van der Waals surface area contributed by atoms with Crippen LogP contribution in [0.4, 0.5) is 0 Å². The molecule has 0 aromatic heterocycles. The van der Waals surface area contributed by atoms with E-state index in [4.69, 9.17) is 0 Å². The maximum absolute atomic E-state index is 4.30. The number of rotatable bonds is 0. The molecule has 1 fully saturated rings. The molecule has 1 saturated carbocycles. The molecule has 15 heavy (non-hydrogen) atoms. The number of hydrogen-bond donors (Lipinski definition) is 0. The Morgan fingerprint density at radius 2 is 2.07 bits per heavy atom. The molecule has 0 saturated heterocycles. The Kier molecular flexibility index (Phi) is 2.79. The van der Waals surface area contributed by atoms with Gasteiger partial charge < -0.3 is 0 Å². The maximum atomic E-state index is 4.30. The fourth-order valence-electron chi connectivity index (χ4n) is 3.44. The smallest absolute Gasteiger partial charge is 0.0167 e. The van der Waals surface area contributed by atoms with Crippen molar-refractivity contribution in [3.8, 4) is 0 Å². The first-order chi connectivity index (χ1) is 7.00. The van der Waals surface area contributed by atoms with Crippen molar-refractivity contribution in [2.45, 2.75) is 52.9 Å². The minimum absolute atomic E-state index is 0.568. The van der Waals surface area contributed by atoms with Crippen LogP contribution in [-0.4, -0.2) is 0 Å². The minimum Gasteiger partial charge on any atom is -0.0996 e. The van der Waals surface area contributed by atoms with Gasteiger partial charge in [0.05, 0.1) is 0 Å². The highest BCUT2D eigenvalue weighted by molar-refractivity contribution is 5.16. The minimum atomic E-state index is 0.568. The van der Waals surface area contributed by atoms with Crippen molar-refractivity contribution < 1.29 is 0 Å². The summed E-state index contributed by atoms with van der Waals surface area (Å²) in [7, 11) is 0. The Morgan fingerprint density at radius 1 is 1.33 bits per heavy atom. The van der Waals surface area contributed by atoms with Crippen LogP contribution >= 0.6 is 0 Å². The summed E-state index contributed by atoms with van der Waals surface area (Å²) < 4.78 is 0. The van der Waals surface area contributed by atoms with E-state index in [1.165, 1.54) is 37.7 Å². The zero-order valence-electron chi connectivity index (χ0n) is 10.5. The Bertz CT molecular complexity index is 293. The summed E-state index contributed by atoms with van der Waals surface area (Å²) in [4.78, 5) is 0. The van der Waals surface area contributed by atoms with Gasteiger partial charge in [0.15, 0.2) is 0 Å². The highest BCUT2D eigenvalue weighted by Gasteiger charge is 2.47. The first-order valence-electron chi connectivity index (χ1n) is 6.34. The molecule has 84 valence electrons. The van der Waals surface area contributed by atoms with Gasteiger partial charge in [0.25, 0.3) is 0 Å². The van der Waals surface area contributed by atoms with Crippen LogP contribution in [-0.2, 0) is 0 Å².